The number of fused-ring (bicyclic) bond motifs is 4. The number of nitrogens with one attached hydrogen (secondary N) is 3. The average molecular weight is 459 g/mol. The third kappa shape index (κ3) is 3.41. The number of likely N-dealkylation sites (tertiary alicyclic amines) is 1. The first-order chi connectivity index (χ1) is 15.4. The van der Waals surface area contributed by atoms with Gasteiger partial charge in [0.2, 0.25) is 5.91 Å². The molecule has 1 saturated carbocycles. The molecule has 0 unspecified atom stereocenters. The minimum absolute atomic E-state index is 0.0226. The number of urea groups is 1. The molecule has 1 aliphatic carbocycles. The molecule has 4 amide bonds. The number of furan rings is 1. The van der Waals surface area contributed by atoms with Gasteiger partial charge in [-0.15, -0.1) is 0 Å². The Labute approximate surface area is 191 Å². The third-order valence-electron chi connectivity index (χ3n) is 7.15. The van der Waals surface area contributed by atoms with Crippen molar-refractivity contribution in [2.24, 2.45) is 5.92 Å². The Morgan fingerprint density at radius 3 is 2.59 bits per heavy atom. The van der Waals surface area contributed by atoms with Gasteiger partial charge in [0.25, 0.3) is 5.91 Å². The van der Waals surface area contributed by atoms with E-state index in [9.17, 15) is 14.4 Å². The lowest BCUT2D eigenvalue weighted by Gasteiger charge is -2.42. The first-order valence-electron chi connectivity index (χ1n) is 11.3. The number of hydrogen-bond donors (Lipinski definition) is 3. The standard InChI is InChI=1S/C23H27ClN4O4/c1-25-20(29)13-5-9-28(10-6-13)21(30)16-12-14-11-15(24)18-17(19(14)32-16)23(27-22(31)26-18)7-3-2-4-8-23/h11-13H,2-10H2,1H3,(H,25,29)(H2,26,27,31). The van der Waals surface area contributed by atoms with Gasteiger partial charge in [0, 0.05) is 37.0 Å². The van der Waals surface area contributed by atoms with Crippen LogP contribution in [0.2, 0.25) is 5.02 Å². The van der Waals surface area contributed by atoms with Gasteiger partial charge >= 0.3 is 6.03 Å². The van der Waals surface area contributed by atoms with Gasteiger partial charge in [0.1, 0.15) is 5.58 Å². The number of carbonyl (C=O) groups excluding carboxylic acids is 3. The van der Waals surface area contributed by atoms with Crippen molar-refractivity contribution < 1.29 is 18.8 Å². The first-order valence-corrected chi connectivity index (χ1v) is 11.7. The molecule has 0 radical (unpaired) electrons. The Kier molecular flexibility index (Phi) is 5.28. The van der Waals surface area contributed by atoms with Gasteiger partial charge in [-0.2, -0.15) is 0 Å². The Morgan fingerprint density at radius 1 is 1.19 bits per heavy atom. The molecular weight excluding hydrogens is 432 g/mol. The zero-order chi connectivity index (χ0) is 22.5. The van der Waals surface area contributed by atoms with Crippen molar-refractivity contribution in [2.45, 2.75) is 50.5 Å². The SMILES string of the molecule is CNC(=O)C1CCN(C(=O)c2cc3cc(Cl)c4c(c3o2)C2(CCCCC2)NC(=O)N4)CC1. The van der Waals surface area contributed by atoms with Crippen LogP contribution in [0.3, 0.4) is 0 Å². The van der Waals surface area contributed by atoms with Crippen LogP contribution in [0.25, 0.3) is 11.0 Å². The molecule has 0 atom stereocenters. The Hall–Kier alpha value is -2.74. The third-order valence-corrected chi connectivity index (χ3v) is 7.44. The summed E-state index contributed by atoms with van der Waals surface area (Å²) in [5.41, 5.74) is 1.48. The molecule has 9 heteroatoms. The van der Waals surface area contributed by atoms with Crippen LogP contribution in [0, 0.1) is 5.92 Å². The summed E-state index contributed by atoms with van der Waals surface area (Å²) in [6, 6.07) is 3.22. The predicted octanol–water partition coefficient (Wildman–Crippen LogP) is 3.98. The minimum Gasteiger partial charge on any atom is -0.450 e. The molecule has 32 heavy (non-hydrogen) atoms. The molecule has 2 aromatic rings. The summed E-state index contributed by atoms with van der Waals surface area (Å²) >= 11 is 6.57. The quantitative estimate of drug-likeness (QED) is 0.633. The number of nitrogens with zero attached hydrogens (tertiary/aromatic N) is 1. The van der Waals surface area contributed by atoms with Gasteiger partial charge in [-0.3, -0.25) is 9.59 Å². The maximum Gasteiger partial charge on any atom is 0.319 e. The molecule has 2 fully saturated rings. The van der Waals surface area contributed by atoms with E-state index in [0.29, 0.717) is 42.2 Å². The zero-order valence-corrected chi connectivity index (χ0v) is 18.8. The predicted molar refractivity (Wildman–Crippen MR) is 121 cm³/mol. The van der Waals surface area contributed by atoms with Crippen molar-refractivity contribution in [3.05, 3.63) is 28.5 Å². The molecular formula is C23H27ClN4O4. The molecule has 1 aromatic heterocycles. The second-order valence-corrected chi connectivity index (χ2v) is 9.45. The van der Waals surface area contributed by atoms with Crippen LogP contribution in [0.4, 0.5) is 10.5 Å². The average Bonchev–Trinajstić information content (AvgIpc) is 3.22. The monoisotopic (exact) mass is 458 g/mol. The van der Waals surface area contributed by atoms with Gasteiger partial charge in [0.05, 0.1) is 16.2 Å². The molecule has 8 nitrogen and oxygen atoms in total. The Bertz CT molecular complexity index is 1100. The van der Waals surface area contributed by atoms with E-state index in [1.807, 2.05) is 0 Å². The fourth-order valence-corrected chi connectivity index (χ4v) is 5.75. The van der Waals surface area contributed by atoms with E-state index in [4.69, 9.17) is 16.0 Å². The minimum atomic E-state index is -0.539. The second kappa shape index (κ2) is 7.99. The maximum atomic E-state index is 13.2. The summed E-state index contributed by atoms with van der Waals surface area (Å²) in [5.74, 6) is 0.0264. The van der Waals surface area contributed by atoms with Crippen LogP contribution >= 0.6 is 11.6 Å². The van der Waals surface area contributed by atoms with Crippen LogP contribution in [0.5, 0.6) is 0 Å². The molecule has 3 aliphatic rings. The maximum absolute atomic E-state index is 13.2. The molecule has 3 heterocycles. The van der Waals surface area contributed by atoms with Gasteiger partial charge in [-0.1, -0.05) is 30.9 Å². The molecule has 5 rings (SSSR count). The smallest absolute Gasteiger partial charge is 0.319 e. The van der Waals surface area contributed by atoms with Crippen molar-refractivity contribution in [2.75, 3.05) is 25.5 Å². The highest BCUT2D eigenvalue weighted by atomic mass is 35.5. The summed E-state index contributed by atoms with van der Waals surface area (Å²) in [6.07, 6.45) is 6.00. The Balaban J connectivity index is 1.50. The lowest BCUT2D eigenvalue weighted by Crippen LogP contribution is -2.52. The topological polar surface area (TPSA) is 104 Å². The molecule has 3 N–H and O–H groups in total. The van der Waals surface area contributed by atoms with Crippen LogP contribution in [-0.4, -0.2) is 42.9 Å². The van der Waals surface area contributed by atoms with Gasteiger partial charge in [-0.25, -0.2) is 4.79 Å². The van der Waals surface area contributed by atoms with E-state index in [2.05, 4.69) is 16.0 Å². The summed E-state index contributed by atoms with van der Waals surface area (Å²) in [6.45, 7) is 1.02. The van der Waals surface area contributed by atoms with E-state index >= 15 is 0 Å². The van der Waals surface area contributed by atoms with Crippen molar-refractivity contribution in [1.82, 2.24) is 15.5 Å². The van der Waals surface area contributed by atoms with Crippen molar-refractivity contribution in [3.63, 3.8) is 0 Å². The normalized spacial score (nSPS) is 20.6. The van der Waals surface area contributed by atoms with Gasteiger partial charge in [0.15, 0.2) is 5.76 Å². The summed E-state index contributed by atoms with van der Waals surface area (Å²) in [5, 5.41) is 9.85. The van der Waals surface area contributed by atoms with E-state index in [-0.39, 0.29) is 29.5 Å². The lowest BCUT2D eigenvalue weighted by atomic mass is 9.74. The number of halogens is 1. The molecule has 2 aliphatic heterocycles. The molecule has 1 aromatic carbocycles. The number of hydrogen-bond acceptors (Lipinski definition) is 4. The Morgan fingerprint density at radius 2 is 1.91 bits per heavy atom. The van der Waals surface area contributed by atoms with Crippen LogP contribution < -0.4 is 16.0 Å². The molecule has 1 saturated heterocycles. The highest BCUT2D eigenvalue weighted by molar-refractivity contribution is 6.35. The number of rotatable bonds is 2. The van der Waals surface area contributed by atoms with Crippen molar-refractivity contribution >= 4 is 46.1 Å². The summed E-state index contributed by atoms with van der Waals surface area (Å²) in [4.78, 5) is 39.2. The molecule has 170 valence electrons. The van der Waals surface area contributed by atoms with E-state index in [1.54, 1.807) is 24.1 Å². The van der Waals surface area contributed by atoms with Gasteiger partial charge in [-0.05, 0) is 37.8 Å². The van der Waals surface area contributed by atoms with E-state index in [1.165, 1.54) is 0 Å². The number of piperidine rings is 1. The largest absolute Gasteiger partial charge is 0.450 e. The van der Waals surface area contributed by atoms with Crippen LogP contribution in [-0.2, 0) is 10.3 Å². The van der Waals surface area contributed by atoms with Crippen LogP contribution in [0.15, 0.2) is 16.5 Å². The number of anilines is 1. The molecule has 1 spiro atoms. The number of amides is 4. The van der Waals surface area contributed by atoms with Crippen molar-refractivity contribution in [3.8, 4) is 0 Å². The number of carbonyl (C=O) groups is 3. The fourth-order valence-electron chi connectivity index (χ4n) is 5.49. The first kappa shape index (κ1) is 21.1. The summed E-state index contributed by atoms with van der Waals surface area (Å²) < 4.78 is 6.17. The van der Waals surface area contributed by atoms with E-state index < -0.39 is 5.54 Å². The molecule has 0 bridgehead atoms. The fraction of sp³-hybridized carbons (Fsp3) is 0.522. The van der Waals surface area contributed by atoms with E-state index in [0.717, 1.165) is 43.1 Å². The van der Waals surface area contributed by atoms with Gasteiger partial charge < -0.3 is 25.3 Å². The van der Waals surface area contributed by atoms with Crippen LogP contribution in [0.1, 0.15) is 61.1 Å². The highest BCUT2D eigenvalue weighted by Crippen LogP contribution is 2.49. The zero-order valence-electron chi connectivity index (χ0n) is 18.1. The summed E-state index contributed by atoms with van der Waals surface area (Å²) in [7, 11) is 1.64. The highest BCUT2D eigenvalue weighted by Gasteiger charge is 2.44. The van der Waals surface area contributed by atoms with Crippen molar-refractivity contribution in [1.29, 1.82) is 0 Å². The lowest BCUT2D eigenvalue weighted by molar-refractivity contribution is -0.125. The number of benzene rings is 1. The second-order valence-electron chi connectivity index (χ2n) is 9.04.